The molecule has 0 saturated carbocycles. The molecule has 6 nitrogen and oxygen atoms in total. The van der Waals surface area contributed by atoms with E-state index < -0.39 is 0 Å². The van der Waals surface area contributed by atoms with Crippen LogP contribution in [0.5, 0.6) is 0 Å². The average Bonchev–Trinajstić information content (AvgIpc) is 3.26. The van der Waals surface area contributed by atoms with Crippen molar-refractivity contribution >= 4 is 39.2 Å². The molecule has 3 rings (SSSR count). The fraction of sp³-hybridized carbons (Fsp3) is 0.389. The lowest BCUT2D eigenvalue weighted by molar-refractivity contribution is 0.0991. The number of hydrogen-bond donors (Lipinski definition) is 0. The van der Waals surface area contributed by atoms with Crippen LogP contribution in [0.15, 0.2) is 40.4 Å². The van der Waals surface area contributed by atoms with Crippen LogP contribution in [0, 0.1) is 0 Å². The highest BCUT2D eigenvalue weighted by molar-refractivity contribution is 7.98. The second kappa shape index (κ2) is 8.66. The summed E-state index contributed by atoms with van der Waals surface area (Å²) in [5.74, 6) is -0.320. The number of hydrogen-bond acceptors (Lipinski definition) is 5. The number of nitrogens with zero attached hydrogens (tertiary/aromatic N) is 4. The zero-order chi connectivity index (χ0) is 18.5. The van der Waals surface area contributed by atoms with Crippen molar-refractivity contribution < 1.29 is 9.53 Å². The first-order chi connectivity index (χ1) is 12.7. The standard InChI is InChI=1S/C18H22N4O2S2/c1-4-21-9-8-14(20-21)17(23)19-18-22(10-11-24-5-2)15-7-6-13(25-3)12-16(15)26-18/h6-9,12H,4-5,10-11H2,1-3H3. The molecule has 3 aromatic rings. The summed E-state index contributed by atoms with van der Waals surface area (Å²) < 4.78 is 10.4. The van der Waals surface area contributed by atoms with Crippen molar-refractivity contribution in [1.29, 1.82) is 0 Å². The van der Waals surface area contributed by atoms with Gasteiger partial charge >= 0.3 is 0 Å². The molecule has 2 heterocycles. The maximum atomic E-state index is 12.5. The van der Waals surface area contributed by atoms with E-state index in [1.54, 1.807) is 28.7 Å². The van der Waals surface area contributed by atoms with Crippen molar-refractivity contribution in [2.24, 2.45) is 4.99 Å². The van der Waals surface area contributed by atoms with Crippen LogP contribution in [0.4, 0.5) is 0 Å². The number of fused-ring (bicyclic) bond motifs is 1. The third-order valence-electron chi connectivity index (χ3n) is 3.93. The van der Waals surface area contributed by atoms with E-state index in [1.807, 2.05) is 13.8 Å². The van der Waals surface area contributed by atoms with Crippen LogP contribution in [-0.4, -0.2) is 39.7 Å². The molecule has 0 unspecified atom stereocenters. The fourth-order valence-corrected chi connectivity index (χ4v) is 4.19. The van der Waals surface area contributed by atoms with E-state index in [9.17, 15) is 4.79 Å². The number of aromatic nitrogens is 3. The van der Waals surface area contributed by atoms with E-state index in [-0.39, 0.29) is 5.91 Å². The summed E-state index contributed by atoms with van der Waals surface area (Å²) in [6.07, 6.45) is 3.85. The lowest BCUT2D eigenvalue weighted by atomic mass is 10.3. The summed E-state index contributed by atoms with van der Waals surface area (Å²) in [5.41, 5.74) is 1.43. The van der Waals surface area contributed by atoms with Crippen LogP contribution >= 0.6 is 23.1 Å². The Balaban J connectivity index is 2.03. The van der Waals surface area contributed by atoms with Crippen molar-refractivity contribution in [1.82, 2.24) is 14.3 Å². The number of ether oxygens (including phenoxy) is 1. The minimum Gasteiger partial charge on any atom is -0.380 e. The Bertz CT molecular complexity index is 971. The van der Waals surface area contributed by atoms with Crippen molar-refractivity contribution in [3.05, 3.63) is 41.0 Å². The molecule has 0 atom stereocenters. The third-order valence-corrected chi connectivity index (χ3v) is 5.70. The predicted molar refractivity (Wildman–Crippen MR) is 106 cm³/mol. The lowest BCUT2D eigenvalue weighted by Crippen LogP contribution is -2.20. The molecule has 0 spiro atoms. The van der Waals surface area contributed by atoms with Crippen LogP contribution in [0.1, 0.15) is 24.3 Å². The molecule has 0 aliphatic rings. The Labute approximate surface area is 160 Å². The van der Waals surface area contributed by atoms with Gasteiger partial charge in [-0.3, -0.25) is 9.48 Å². The molecule has 8 heteroatoms. The number of benzene rings is 1. The molecular formula is C18H22N4O2S2. The molecule has 138 valence electrons. The van der Waals surface area contributed by atoms with Gasteiger partial charge in [0, 0.05) is 30.8 Å². The molecule has 1 aromatic carbocycles. The second-order valence-corrected chi connectivity index (χ2v) is 7.43. The van der Waals surface area contributed by atoms with Crippen LogP contribution in [0.2, 0.25) is 0 Å². The van der Waals surface area contributed by atoms with Gasteiger partial charge in [0.1, 0.15) is 0 Å². The van der Waals surface area contributed by atoms with Crippen LogP contribution in [0.3, 0.4) is 0 Å². The van der Waals surface area contributed by atoms with Gasteiger partial charge in [-0.05, 0) is 44.4 Å². The van der Waals surface area contributed by atoms with Gasteiger partial charge in [-0.1, -0.05) is 11.3 Å². The Kier molecular flexibility index (Phi) is 6.29. The number of thioether (sulfide) groups is 1. The van der Waals surface area contributed by atoms with E-state index >= 15 is 0 Å². The summed E-state index contributed by atoms with van der Waals surface area (Å²) in [6, 6.07) is 8.01. The summed E-state index contributed by atoms with van der Waals surface area (Å²) in [6.45, 7) is 6.58. The lowest BCUT2D eigenvalue weighted by Gasteiger charge is -2.05. The number of carbonyl (C=O) groups excluding carboxylic acids is 1. The maximum absolute atomic E-state index is 12.5. The number of aryl methyl sites for hydroxylation is 1. The third kappa shape index (κ3) is 4.08. The SMILES string of the molecule is CCOCCn1c(=NC(=O)c2ccn(CC)n2)sc2cc(SC)ccc21. The monoisotopic (exact) mass is 390 g/mol. The van der Waals surface area contributed by atoms with Crippen LogP contribution in [0.25, 0.3) is 10.2 Å². The highest BCUT2D eigenvalue weighted by Gasteiger charge is 2.12. The minimum absolute atomic E-state index is 0.320. The number of amides is 1. The van der Waals surface area contributed by atoms with Gasteiger partial charge in [0.25, 0.3) is 5.91 Å². The van der Waals surface area contributed by atoms with E-state index in [2.05, 4.69) is 39.1 Å². The highest BCUT2D eigenvalue weighted by atomic mass is 32.2. The van der Waals surface area contributed by atoms with Crippen LogP contribution in [-0.2, 0) is 17.8 Å². The Morgan fingerprint density at radius 1 is 1.35 bits per heavy atom. The van der Waals surface area contributed by atoms with Crippen molar-refractivity contribution in [2.45, 2.75) is 31.8 Å². The Morgan fingerprint density at radius 2 is 2.19 bits per heavy atom. The highest BCUT2D eigenvalue weighted by Crippen LogP contribution is 2.24. The predicted octanol–water partition coefficient (Wildman–Crippen LogP) is 3.42. The molecule has 26 heavy (non-hydrogen) atoms. The van der Waals surface area contributed by atoms with Gasteiger partial charge < -0.3 is 9.30 Å². The Morgan fingerprint density at radius 3 is 2.88 bits per heavy atom. The van der Waals surface area contributed by atoms with E-state index in [1.165, 1.54) is 16.2 Å². The topological polar surface area (TPSA) is 61.4 Å². The van der Waals surface area contributed by atoms with Crippen molar-refractivity contribution in [3.8, 4) is 0 Å². The molecule has 0 N–H and O–H groups in total. The van der Waals surface area contributed by atoms with E-state index in [0.29, 0.717) is 30.3 Å². The van der Waals surface area contributed by atoms with Gasteiger partial charge in [-0.2, -0.15) is 10.1 Å². The van der Waals surface area contributed by atoms with Crippen molar-refractivity contribution in [3.63, 3.8) is 0 Å². The fourth-order valence-electron chi connectivity index (χ4n) is 2.58. The van der Waals surface area contributed by atoms with E-state index in [4.69, 9.17) is 4.74 Å². The summed E-state index contributed by atoms with van der Waals surface area (Å²) in [7, 11) is 0. The second-order valence-electron chi connectivity index (χ2n) is 5.54. The maximum Gasteiger partial charge on any atom is 0.300 e. The largest absolute Gasteiger partial charge is 0.380 e. The van der Waals surface area contributed by atoms with Gasteiger partial charge in [0.15, 0.2) is 10.5 Å². The summed E-state index contributed by atoms with van der Waals surface area (Å²) in [4.78, 5) is 18.8. The molecule has 0 saturated heterocycles. The first-order valence-electron chi connectivity index (χ1n) is 8.54. The molecule has 0 aliphatic carbocycles. The Hall–Kier alpha value is -1.90. The van der Waals surface area contributed by atoms with Gasteiger partial charge in [0.05, 0.1) is 16.8 Å². The smallest absolute Gasteiger partial charge is 0.300 e. The quantitative estimate of drug-likeness (QED) is 0.458. The number of carbonyl (C=O) groups is 1. The molecule has 0 bridgehead atoms. The van der Waals surface area contributed by atoms with E-state index in [0.717, 1.165) is 16.8 Å². The molecule has 2 aromatic heterocycles. The van der Waals surface area contributed by atoms with Crippen molar-refractivity contribution in [2.75, 3.05) is 19.5 Å². The molecule has 1 amide bonds. The van der Waals surface area contributed by atoms with Gasteiger partial charge in [-0.15, -0.1) is 11.8 Å². The van der Waals surface area contributed by atoms with Crippen LogP contribution < -0.4 is 4.80 Å². The molecular weight excluding hydrogens is 368 g/mol. The first kappa shape index (κ1) is 18.9. The number of rotatable bonds is 7. The minimum atomic E-state index is -0.320. The summed E-state index contributed by atoms with van der Waals surface area (Å²) >= 11 is 3.22. The van der Waals surface area contributed by atoms with Gasteiger partial charge in [-0.25, -0.2) is 0 Å². The zero-order valence-corrected chi connectivity index (χ0v) is 16.8. The average molecular weight is 391 g/mol. The molecule has 0 radical (unpaired) electrons. The zero-order valence-electron chi connectivity index (χ0n) is 15.1. The molecule has 0 aliphatic heterocycles. The number of thiazole rings is 1. The first-order valence-corrected chi connectivity index (χ1v) is 10.6. The van der Waals surface area contributed by atoms with Gasteiger partial charge in [0.2, 0.25) is 0 Å². The molecule has 0 fully saturated rings. The summed E-state index contributed by atoms with van der Waals surface area (Å²) in [5, 5.41) is 4.25. The normalized spacial score (nSPS) is 12.2.